The Morgan fingerprint density at radius 2 is 1.20 bits per heavy atom. The number of nitrogens with zero attached hydrogens (tertiary/aromatic N) is 1. The van der Waals surface area contributed by atoms with Crippen molar-refractivity contribution in [1.29, 1.82) is 0 Å². The number of hydrogen-bond donors (Lipinski definition) is 9. The Morgan fingerprint density at radius 1 is 0.689 bits per heavy atom. The molecule has 0 aromatic carbocycles. The second-order valence-corrected chi connectivity index (χ2v) is 12.8. The molecule has 0 radical (unpaired) electrons. The van der Waals surface area contributed by atoms with E-state index in [2.05, 4.69) is 31.6 Å². The van der Waals surface area contributed by atoms with Crippen LogP contribution in [0.25, 0.3) is 0 Å². The van der Waals surface area contributed by atoms with E-state index in [0.29, 0.717) is 30.8 Å². The number of carbonyl (C=O) groups excluding carboxylic acids is 6. The molecule has 0 spiro atoms. The highest BCUT2D eigenvalue weighted by Gasteiger charge is 2.30. The fourth-order valence-corrected chi connectivity index (χ4v) is 4.83. The molecule has 0 aromatic rings. The summed E-state index contributed by atoms with van der Waals surface area (Å²) in [5, 5.41) is 13.0. The quantitative estimate of drug-likeness (QED) is 0.0309. The fourth-order valence-electron chi connectivity index (χ4n) is 3.88. The first-order valence-corrected chi connectivity index (χ1v) is 17.5. The van der Waals surface area contributed by atoms with Crippen LogP contribution < -0.4 is 49.5 Å². The highest BCUT2D eigenvalue weighted by molar-refractivity contribution is 7.98. The van der Waals surface area contributed by atoms with Gasteiger partial charge in [-0.2, -0.15) is 23.5 Å². The van der Waals surface area contributed by atoms with Crippen LogP contribution in [0.5, 0.6) is 0 Å². The molecule has 258 valence electrons. The van der Waals surface area contributed by atoms with Crippen molar-refractivity contribution in [2.24, 2.45) is 33.8 Å². The second kappa shape index (κ2) is 23.1. The van der Waals surface area contributed by atoms with Gasteiger partial charge in [0.25, 0.3) is 0 Å². The van der Waals surface area contributed by atoms with Gasteiger partial charge in [0.15, 0.2) is 5.96 Å². The third-order valence-electron chi connectivity index (χ3n) is 6.29. The summed E-state index contributed by atoms with van der Waals surface area (Å²) >= 11 is 2.97. The minimum Gasteiger partial charge on any atom is -0.370 e. The second-order valence-electron chi connectivity index (χ2n) is 10.9. The van der Waals surface area contributed by atoms with Crippen LogP contribution in [0.3, 0.4) is 0 Å². The smallest absolute Gasteiger partial charge is 0.243 e. The Balaban J connectivity index is 5.64. The van der Waals surface area contributed by atoms with Crippen molar-refractivity contribution >= 4 is 64.9 Å². The van der Waals surface area contributed by atoms with E-state index in [9.17, 15) is 28.8 Å². The van der Waals surface area contributed by atoms with Crippen molar-refractivity contribution in [3.05, 3.63) is 0 Å². The molecule has 18 heteroatoms. The summed E-state index contributed by atoms with van der Waals surface area (Å²) in [5.41, 5.74) is 21.8. The van der Waals surface area contributed by atoms with E-state index < -0.39 is 72.2 Å². The highest BCUT2D eigenvalue weighted by Crippen LogP contribution is 2.08. The van der Waals surface area contributed by atoms with Crippen LogP contribution in [0.2, 0.25) is 0 Å². The van der Waals surface area contributed by atoms with Crippen molar-refractivity contribution in [3.63, 3.8) is 0 Å². The number of rotatable bonds is 23. The largest absolute Gasteiger partial charge is 0.370 e. The van der Waals surface area contributed by atoms with E-state index in [1.165, 1.54) is 30.4 Å². The van der Waals surface area contributed by atoms with Gasteiger partial charge in [-0.1, -0.05) is 13.8 Å². The van der Waals surface area contributed by atoms with E-state index in [-0.39, 0.29) is 31.3 Å². The van der Waals surface area contributed by atoms with Gasteiger partial charge < -0.3 is 49.5 Å². The number of nitrogens with one attached hydrogen (secondary N) is 5. The summed E-state index contributed by atoms with van der Waals surface area (Å²) in [6.07, 6.45) is 5.03. The van der Waals surface area contributed by atoms with E-state index in [4.69, 9.17) is 22.9 Å². The van der Waals surface area contributed by atoms with Crippen molar-refractivity contribution in [2.45, 2.75) is 83.1 Å². The molecule has 0 bridgehead atoms. The lowest BCUT2D eigenvalue weighted by Crippen LogP contribution is -2.57. The number of primary amides is 1. The zero-order chi connectivity index (χ0) is 34.5. The third kappa shape index (κ3) is 19.0. The van der Waals surface area contributed by atoms with E-state index >= 15 is 0 Å². The monoisotopic (exact) mass is 676 g/mol. The van der Waals surface area contributed by atoms with E-state index in [1.807, 2.05) is 26.4 Å². The molecule has 5 unspecified atom stereocenters. The maximum absolute atomic E-state index is 13.4. The summed E-state index contributed by atoms with van der Waals surface area (Å²) in [5.74, 6) is -2.67. The molecule has 16 nitrogen and oxygen atoms in total. The summed E-state index contributed by atoms with van der Waals surface area (Å²) in [6.45, 7) is 4.94. The zero-order valence-electron chi connectivity index (χ0n) is 26.9. The summed E-state index contributed by atoms with van der Waals surface area (Å²) in [4.78, 5) is 80.0. The Bertz CT molecular complexity index is 1010. The van der Waals surface area contributed by atoms with Gasteiger partial charge in [-0.3, -0.25) is 33.8 Å². The molecule has 6 amide bonds. The molecule has 0 aliphatic rings. The number of aliphatic imine (C=N–C) groups is 1. The van der Waals surface area contributed by atoms with Crippen LogP contribution in [-0.2, 0) is 28.8 Å². The van der Waals surface area contributed by atoms with Crippen LogP contribution in [0.15, 0.2) is 4.99 Å². The van der Waals surface area contributed by atoms with Crippen LogP contribution in [0.4, 0.5) is 0 Å². The van der Waals surface area contributed by atoms with Crippen LogP contribution >= 0.6 is 23.5 Å². The Hall–Kier alpha value is -3.25. The van der Waals surface area contributed by atoms with Crippen molar-refractivity contribution in [2.75, 3.05) is 37.1 Å². The van der Waals surface area contributed by atoms with Crippen LogP contribution in [0, 0.1) is 5.92 Å². The topological polar surface area (TPSA) is 279 Å². The summed E-state index contributed by atoms with van der Waals surface area (Å²) in [6, 6.07) is -4.77. The van der Waals surface area contributed by atoms with E-state index in [0.717, 1.165) is 0 Å². The van der Waals surface area contributed by atoms with Gasteiger partial charge in [0.2, 0.25) is 35.4 Å². The SMILES string of the molecule is CSCCC(NC(=O)C(CCCN=C(N)N)NC(=O)C(CC(C)C)NC(=O)CNC(=O)C(CCSC)NC(=O)C(C)N)C(N)=O. The molecule has 0 fully saturated rings. The Morgan fingerprint density at radius 3 is 1.71 bits per heavy atom. The zero-order valence-corrected chi connectivity index (χ0v) is 28.5. The normalized spacial score (nSPS) is 14.2. The highest BCUT2D eigenvalue weighted by atomic mass is 32.2. The predicted molar refractivity (Wildman–Crippen MR) is 179 cm³/mol. The fraction of sp³-hybridized carbons (Fsp3) is 0.741. The molecule has 13 N–H and O–H groups in total. The maximum atomic E-state index is 13.4. The molecular weight excluding hydrogens is 624 g/mol. The third-order valence-corrected chi connectivity index (χ3v) is 7.58. The van der Waals surface area contributed by atoms with Crippen LogP contribution in [0.1, 0.15) is 52.9 Å². The van der Waals surface area contributed by atoms with Gasteiger partial charge in [0.05, 0.1) is 12.6 Å². The molecule has 0 rings (SSSR count). The first kappa shape index (κ1) is 41.8. The number of nitrogens with two attached hydrogens (primary N) is 4. The number of carbonyl (C=O) groups is 6. The molecule has 0 aliphatic heterocycles. The van der Waals surface area contributed by atoms with Gasteiger partial charge in [-0.25, -0.2) is 0 Å². The summed E-state index contributed by atoms with van der Waals surface area (Å²) < 4.78 is 0. The minimum atomic E-state index is -1.08. The predicted octanol–water partition coefficient (Wildman–Crippen LogP) is -2.52. The number of thioether (sulfide) groups is 2. The lowest BCUT2D eigenvalue weighted by molar-refractivity contribution is -0.134. The van der Waals surface area contributed by atoms with Gasteiger partial charge in [-0.05, 0) is 69.0 Å². The summed E-state index contributed by atoms with van der Waals surface area (Å²) in [7, 11) is 0. The van der Waals surface area contributed by atoms with Crippen molar-refractivity contribution < 1.29 is 28.8 Å². The van der Waals surface area contributed by atoms with Gasteiger partial charge >= 0.3 is 0 Å². The molecule has 0 aliphatic carbocycles. The number of amides is 6. The van der Waals surface area contributed by atoms with Crippen LogP contribution in [-0.4, -0.2) is 109 Å². The molecule has 0 saturated heterocycles. The molecule has 45 heavy (non-hydrogen) atoms. The number of guanidine groups is 1. The Labute approximate surface area is 273 Å². The number of hydrogen-bond acceptors (Lipinski definition) is 10. The molecule has 5 atom stereocenters. The molecule has 0 saturated carbocycles. The molecular formula is C27H52N10O6S2. The van der Waals surface area contributed by atoms with Crippen molar-refractivity contribution in [3.8, 4) is 0 Å². The van der Waals surface area contributed by atoms with Crippen molar-refractivity contribution in [1.82, 2.24) is 26.6 Å². The van der Waals surface area contributed by atoms with Gasteiger partial charge in [0.1, 0.15) is 24.2 Å². The Kier molecular flexibility index (Phi) is 21.5. The standard InChI is InChI=1S/C27H52N10O6S2/c1-15(2)13-20(34-21(38)14-33-24(41)19(9-12-45-5)36-23(40)16(3)28)26(43)37-18(7-6-10-32-27(30)31)25(42)35-17(22(29)39)8-11-44-4/h15-20H,6-14,28H2,1-5H3,(H2,29,39)(H,33,41)(H,34,38)(H,35,42)(H,36,40)(H,37,43)(H4,30,31,32). The first-order chi connectivity index (χ1) is 21.1. The molecule has 0 aromatic heterocycles. The molecule has 0 heterocycles. The average molecular weight is 677 g/mol. The van der Waals surface area contributed by atoms with Gasteiger partial charge in [-0.15, -0.1) is 0 Å². The first-order valence-electron chi connectivity index (χ1n) is 14.7. The van der Waals surface area contributed by atoms with Gasteiger partial charge in [0, 0.05) is 6.54 Å². The minimum absolute atomic E-state index is 0.0278. The van der Waals surface area contributed by atoms with E-state index in [1.54, 1.807) is 0 Å². The lowest BCUT2D eigenvalue weighted by Gasteiger charge is -2.25. The maximum Gasteiger partial charge on any atom is 0.243 e. The average Bonchev–Trinajstić information content (AvgIpc) is 2.96. The lowest BCUT2D eigenvalue weighted by atomic mass is 10.0.